The highest BCUT2D eigenvalue weighted by atomic mass is 35.5. The first-order valence-corrected chi connectivity index (χ1v) is 11.2. The van der Waals surface area contributed by atoms with Crippen LogP contribution in [-0.4, -0.2) is 22.5 Å². The summed E-state index contributed by atoms with van der Waals surface area (Å²) >= 11 is 6.01. The Balaban J connectivity index is 1.73. The first-order valence-electron chi connectivity index (χ1n) is 10.8. The van der Waals surface area contributed by atoms with E-state index in [4.69, 9.17) is 16.3 Å². The summed E-state index contributed by atoms with van der Waals surface area (Å²) in [7, 11) is 0. The summed E-state index contributed by atoms with van der Waals surface area (Å²) < 4.78 is 44.0. The largest absolute Gasteiger partial charge is 0.462 e. The van der Waals surface area contributed by atoms with Crippen LogP contribution in [0.5, 0.6) is 5.88 Å². The molecular weight excluding hydrogens is 465 g/mol. The van der Waals surface area contributed by atoms with Crippen LogP contribution in [0.3, 0.4) is 0 Å². The Morgan fingerprint density at radius 1 is 1.03 bits per heavy atom. The lowest BCUT2D eigenvalue weighted by Gasteiger charge is -2.30. The Labute approximate surface area is 202 Å². The predicted molar refractivity (Wildman–Crippen MR) is 126 cm³/mol. The van der Waals surface area contributed by atoms with Crippen LogP contribution in [0.1, 0.15) is 43.4 Å². The zero-order valence-corrected chi connectivity index (χ0v) is 19.8. The van der Waals surface area contributed by atoms with Crippen molar-refractivity contribution in [2.24, 2.45) is 0 Å². The molecule has 2 atom stereocenters. The van der Waals surface area contributed by atoms with E-state index in [0.717, 1.165) is 23.3 Å². The molecule has 3 rings (SSSR count). The van der Waals surface area contributed by atoms with Gasteiger partial charge in [-0.15, -0.1) is 0 Å². The lowest BCUT2D eigenvalue weighted by molar-refractivity contribution is -0.138. The van der Waals surface area contributed by atoms with E-state index in [1.54, 1.807) is 13.8 Å². The van der Waals surface area contributed by atoms with Gasteiger partial charge in [0.25, 0.3) is 5.91 Å². The highest BCUT2D eigenvalue weighted by molar-refractivity contribution is 6.30. The maximum atomic E-state index is 13.1. The molecule has 1 heterocycles. The molecule has 8 heteroatoms. The molecule has 4 nitrogen and oxygen atoms in total. The van der Waals surface area contributed by atoms with Crippen molar-refractivity contribution < 1.29 is 22.7 Å². The molecule has 0 aliphatic heterocycles. The van der Waals surface area contributed by atoms with E-state index in [9.17, 15) is 18.0 Å². The van der Waals surface area contributed by atoms with Gasteiger partial charge in [-0.2, -0.15) is 13.2 Å². The lowest BCUT2D eigenvalue weighted by Crippen LogP contribution is -2.51. The zero-order chi connectivity index (χ0) is 24.9. The van der Waals surface area contributed by atoms with Gasteiger partial charge in [-0.25, -0.2) is 4.98 Å². The van der Waals surface area contributed by atoms with Gasteiger partial charge in [0.05, 0.1) is 5.56 Å². The number of aromatic nitrogens is 1. The molecule has 3 aromatic rings. The average molecular weight is 491 g/mol. The van der Waals surface area contributed by atoms with Crippen molar-refractivity contribution in [2.75, 3.05) is 0 Å². The minimum Gasteiger partial charge on any atom is -0.462 e. The van der Waals surface area contributed by atoms with E-state index in [2.05, 4.69) is 10.3 Å². The minimum absolute atomic E-state index is 0.0358. The molecule has 0 saturated carbocycles. The molecule has 0 saturated heterocycles. The maximum Gasteiger partial charge on any atom is 0.417 e. The van der Waals surface area contributed by atoms with Crippen molar-refractivity contribution in [3.8, 4) is 5.88 Å². The minimum atomic E-state index is -4.50. The van der Waals surface area contributed by atoms with Crippen molar-refractivity contribution in [3.05, 3.63) is 94.6 Å². The monoisotopic (exact) mass is 490 g/mol. The Bertz CT molecular complexity index is 1090. The molecule has 1 amide bonds. The summed E-state index contributed by atoms with van der Waals surface area (Å²) in [5, 5.41) is 3.66. The fourth-order valence-electron chi connectivity index (χ4n) is 3.56. The molecule has 0 spiro atoms. The van der Waals surface area contributed by atoms with Crippen LogP contribution in [0.4, 0.5) is 13.2 Å². The van der Waals surface area contributed by atoms with Crippen LogP contribution in [0, 0.1) is 0 Å². The number of alkyl halides is 3. The van der Waals surface area contributed by atoms with Crippen LogP contribution < -0.4 is 10.1 Å². The molecule has 0 fully saturated rings. The third kappa shape index (κ3) is 6.73. The summed E-state index contributed by atoms with van der Waals surface area (Å²) in [6.45, 7) is 5.01. The highest BCUT2D eigenvalue weighted by Gasteiger charge is 2.34. The third-order valence-electron chi connectivity index (χ3n) is 5.53. The van der Waals surface area contributed by atoms with E-state index < -0.39 is 23.2 Å². The second-order valence-electron chi connectivity index (χ2n) is 8.61. The van der Waals surface area contributed by atoms with Crippen LogP contribution in [0.15, 0.2) is 72.9 Å². The highest BCUT2D eigenvalue weighted by Crippen LogP contribution is 2.30. The van der Waals surface area contributed by atoms with E-state index in [1.165, 1.54) is 0 Å². The number of nitrogens with zero attached hydrogens (tertiary/aromatic N) is 1. The summed E-state index contributed by atoms with van der Waals surface area (Å²) in [6.07, 6.45) is -3.14. The van der Waals surface area contributed by atoms with E-state index >= 15 is 0 Å². The van der Waals surface area contributed by atoms with Gasteiger partial charge in [0.15, 0.2) is 5.60 Å². The van der Waals surface area contributed by atoms with Gasteiger partial charge in [0.1, 0.15) is 0 Å². The van der Waals surface area contributed by atoms with Gasteiger partial charge in [0.2, 0.25) is 5.88 Å². The second-order valence-corrected chi connectivity index (χ2v) is 9.04. The van der Waals surface area contributed by atoms with Crippen LogP contribution >= 0.6 is 11.6 Å². The number of amides is 1. The van der Waals surface area contributed by atoms with Gasteiger partial charge >= 0.3 is 6.18 Å². The van der Waals surface area contributed by atoms with Crippen LogP contribution in [0.2, 0.25) is 5.02 Å². The van der Waals surface area contributed by atoms with E-state index in [0.29, 0.717) is 17.6 Å². The molecule has 0 aliphatic rings. The first kappa shape index (κ1) is 25.6. The van der Waals surface area contributed by atoms with Crippen molar-refractivity contribution in [2.45, 2.75) is 50.9 Å². The average Bonchev–Trinajstić information content (AvgIpc) is 2.78. The molecule has 0 aliphatic carbocycles. The number of carbonyl (C=O) groups excluding carboxylic acids is 1. The Kier molecular flexibility index (Phi) is 7.87. The Morgan fingerprint density at radius 3 is 2.24 bits per heavy atom. The SMILES string of the molecule is CC(NC(=O)C(C)(C)Oc1ccc(C(F)(F)F)cn1)[C@@H](Cc1ccc(Cl)cc1)c1ccccc1. The third-order valence-corrected chi connectivity index (χ3v) is 5.78. The molecule has 2 aromatic carbocycles. The van der Waals surface area contributed by atoms with Crippen molar-refractivity contribution >= 4 is 17.5 Å². The molecule has 1 aromatic heterocycles. The van der Waals surface area contributed by atoms with Gasteiger partial charge in [-0.1, -0.05) is 54.1 Å². The Morgan fingerprint density at radius 2 is 1.68 bits per heavy atom. The van der Waals surface area contributed by atoms with Crippen molar-refractivity contribution in [1.82, 2.24) is 10.3 Å². The predicted octanol–water partition coefficient (Wildman–Crippen LogP) is 6.44. The van der Waals surface area contributed by atoms with Gasteiger partial charge in [-0.05, 0) is 56.5 Å². The number of pyridine rings is 1. The molecular formula is C26H26ClF3N2O2. The normalized spacial score (nSPS) is 13.7. The number of halogens is 4. The van der Waals surface area contributed by atoms with Crippen molar-refractivity contribution in [1.29, 1.82) is 0 Å². The number of hydrogen-bond donors (Lipinski definition) is 1. The number of rotatable bonds is 8. The molecule has 1 N–H and O–H groups in total. The topological polar surface area (TPSA) is 51.2 Å². The van der Waals surface area contributed by atoms with Crippen LogP contribution in [0.25, 0.3) is 0 Å². The number of carbonyl (C=O) groups is 1. The van der Waals surface area contributed by atoms with Crippen molar-refractivity contribution in [3.63, 3.8) is 0 Å². The molecule has 0 bridgehead atoms. The summed E-state index contributed by atoms with van der Waals surface area (Å²) in [5.74, 6) is -0.508. The fraction of sp³-hybridized carbons (Fsp3) is 0.308. The van der Waals surface area contributed by atoms with E-state index in [1.807, 2.05) is 61.5 Å². The van der Waals surface area contributed by atoms with Crippen LogP contribution in [-0.2, 0) is 17.4 Å². The molecule has 1 unspecified atom stereocenters. The standard InChI is InChI=1S/C26H26ClF3N2O2/c1-17(22(19-7-5-4-6-8-19)15-18-9-12-21(27)13-10-18)32-24(33)25(2,3)34-23-14-11-20(16-31-23)26(28,29)30/h4-14,16-17,22H,15H2,1-3H3,(H,32,33)/t17?,22-/m1/s1. The van der Waals surface area contributed by atoms with Gasteiger partial charge < -0.3 is 10.1 Å². The van der Waals surface area contributed by atoms with Gasteiger partial charge in [-0.3, -0.25) is 4.79 Å². The molecule has 0 radical (unpaired) electrons. The Hall–Kier alpha value is -3.06. The lowest BCUT2D eigenvalue weighted by atomic mass is 9.86. The number of nitrogens with one attached hydrogen (secondary N) is 1. The maximum absolute atomic E-state index is 13.1. The number of hydrogen-bond acceptors (Lipinski definition) is 3. The summed E-state index contributed by atoms with van der Waals surface area (Å²) in [6, 6.07) is 19.1. The zero-order valence-electron chi connectivity index (χ0n) is 19.1. The fourth-order valence-corrected chi connectivity index (χ4v) is 3.68. The summed E-state index contributed by atoms with van der Waals surface area (Å²) in [4.78, 5) is 16.8. The molecule has 34 heavy (non-hydrogen) atoms. The van der Waals surface area contributed by atoms with Gasteiger partial charge in [0, 0.05) is 29.2 Å². The first-order chi connectivity index (χ1) is 16.0. The molecule has 180 valence electrons. The number of benzene rings is 2. The number of ether oxygens (including phenoxy) is 1. The smallest absolute Gasteiger partial charge is 0.417 e. The summed E-state index contributed by atoms with van der Waals surface area (Å²) in [5.41, 5.74) is -0.108. The van der Waals surface area contributed by atoms with E-state index in [-0.39, 0.29) is 17.8 Å². The second kappa shape index (κ2) is 10.5. The quantitative estimate of drug-likeness (QED) is 0.395.